The molecule has 3 aromatic rings. The second-order valence-corrected chi connectivity index (χ2v) is 8.17. The van der Waals surface area contributed by atoms with Crippen molar-refractivity contribution < 1.29 is 31.9 Å². The first-order chi connectivity index (χ1) is 16.3. The number of benzene rings is 2. The van der Waals surface area contributed by atoms with Crippen molar-refractivity contribution >= 4 is 22.8 Å². The first kappa shape index (κ1) is 23.5. The predicted octanol–water partition coefficient (Wildman–Crippen LogP) is 3.49. The number of ether oxygens (including phenoxy) is 1. The maximum Gasteiger partial charge on any atom is 0.258 e. The zero-order valence-corrected chi connectivity index (χ0v) is 18.0. The molecule has 0 aliphatic heterocycles. The minimum atomic E-state index is -1.06. The Morgan fingerprint density at radius 3 is 2.41 bits per heavy atom. The number of nitrogens with one attached hydrogen (secondary N) is 3. The van der Waals surface area contributed by atoms with Crippen molar-refractivity contribution in [2.45, 2.75) is 38.3 Å². The molecule has 1 aliphatic carbocycles. The van der Waals surface area contributed by atoms with Crippen LogP contribution in [0.2, 0.25) is 0 Å². The Bertz CT molecular complexity index is 1170. The number of hydrogen-bond donors (Lipinski definition) is 3. The monoisotopic (exact) mass is 478 g/mol. The van der Waals surface area contributed by atoms with Gasteiger partial charge in [0.2, 0.25) is 5.91 Å². The Hall–Kier alpha value is -3.63. The molecule has 0 atom stereocenters. The van der Waals surface area contributed by atoms with Gasteiger partial charge >= 0.3 is 0 Å². The summed E-state index contributed by atoms with van der Waals surface area (Å²) in [6, 6.07) is 4.91. The van der Waals surface area contributed by atoms with Gasteiger partial charge in [0.15, 0.2) is 29.9 Å². The number of hydrogen-bond acceptors (Lipinski definition) is 4. The largest absolute Gasteiger partial charge is 0.484 e. The molecule has 2 amide bonds. The molecule has 34 heavy (non-hydrogen) atoms. The Balaban J connectivity index is 1.19. The molecule has 0 spiro atoms. The number of nitrogens with zero attached hydrogens (tertiary/aromatic N) is 1. The van der Waals surface area contributed by atoms with Crippen LogP contribution in [0.15, 0.2) is 30.3 Å². The Labute approximate surface area is 191 Å². The van der Waals surface area contributed by atoms with E-state index in [0.29, 0.717) is 37.0 Å². The van der Waals surface area contributed by atoms with Crippen molar-refractivity contribution in [3.05, 3.63) is 59.4 Å². The minimum Gasteiger partial charge on any atom is -0.484 e. The van der Waals surface area contributed by atoms with Crippen LogP contribution in [0.4, 0.5) is 17.6 Å². The molecule has 1 aromatic heterocycles. The predicted molar refractivity (Wildman–Crippen MR) is 114 cm³/mol. The molecule has 1 aliphatic rings. The zero-order valence-electron chi connectivity index (χ0n) is 18.0. The van der Waals surface area contributed by atoms with Gasteiger partial charge in [0, 0.05) is 30.2 Å². The lowest BCUT2D eigenvalue weighted by Crippen LogP contribution is -2.42. The Morgan fingerprint density at radius 1 is 0.971 bits per heavy atom. The molecule has 180 valence electrons. The summed E-state index contributed by atoms with van der Waals surface area (Å²) in [6.45, 7) is -0.245. The number of rotatable bonds is 7. The topological polar surface area (TPSA) is 96.1 Å². The number of aromatic nitrogens is 2. The average molecular weight is 478 g/mol. The standard InChI is InChI=1S/C23H22F4N4O3/c24-15-6-5-14(7-16(15)25)34-11-22(32)29-13-3-1-12(2-4-13)23(33)28-10-21-30-19-8-17(26)18(27)9-20(19)31-21/h5-9,12-13H,1-4,10-11H2,(H,28,33)(H,29,32)(H,30,31)/t12-,13-. The average Bonchev–Trinajstić information content (AvgIpc) is 3.20. The normalized spacial score (nSPS) is 18.0. The molecule has 0 unspecified atom stereocenters. The summed E-state index contributed by atoms with van der Waals surface area (Å²) in [6.07, 6.45) is 2.32. The van der Waals surface area contributed by atoms with Gasteiger partial charge in [-0.2, -0.15) is 0 Å². The lowest BCUT2D eigenvalue weighted by Gasteiger charge is -2.28. The molecule has 3 N–H and O–H groups in total. The van der Waals surface area contributed by atoms with Crippen molar-refractivity contribution in [3.8, 4) is 5.75 Å². The summed E-state index contributed by atoms with van der Waals surface area (Å²) >= 11 is 0. The van der Waals surface area contributed by atoms with E-state index >= 15 is 0 Å². The van der Waals surface area contributed by atoms with Crippen LogP contribution >= 0.6 is 0 Å². The number of amides is 2. The number of aromatic amines is 1. The number of carbonyl (C=O) groups excluding carboxylic acids is 2. The lowest BCUT2D eigenvalue weighted by atomic mass is 9.85. The molecule has 7 nitrogen and oxygen atoms in total. The van der Waals surface area contributed by atoms with E-state index in [1.165, 1.54) is 6.07 Å². The van der Waals surface area contributed by atoms with Crippen LogP contribution in [0.25, 0.3) is 11.0 Å². The Morgan fingerprint density at radius 2 is 1.68 bits per heavy atom. The van der Waals surface area contributed by atoms with Gasteiger partial charge in [-0.1, -0.05) is 0 Å². The van der Waals surface area contributed by atoms with Crippen LogP contribution in [-0.4, -0.2) is 34.4 Å². The lowest BCUT2D eigenvalue weighted by molar-refractivity contribution is -0.126. The first-order valence-electron chi connectivity index (χ1n) is 10.8. The smallest absolute Gasteiger partial charge is 0.258 e. The number of carbonyl (C=O) groups is 2. The van der Waals surface area contributed by atoms with E-state index in [2.05, 4.69) is 20.6 Å². The van der Waals surface area contributed by atoms with Crippen LogP contribution in [0.1, 0.15) is 31.5 Å². The van der Waals surface area contributed by atoms with Crippen LogP contribution in [0, 0.1) is 29.2 Å². The number of H-pyrrole nitrogens is 1. The summed E-state index contributed by atoms with van der Waals surface area (Å²) < 4.78 is 57.9. The molecule has 0 saturated heterocycles. The molecular weight excluding hydrogens is 456 g/mol. The van der Waals surface area contributed by atoms with Crippen LogP contribution < -0.4 is 15.4 Å². The maximum atomic E-state index is 13.3. The van der Waals surface area contributed by atoms with E-state index in [0.717, 1.165) is 24.3 Å². The fourth-order valence-corrected chi connectivity index (χ4v) is 3.94. The van der Waals surface area contributed by atoms with Gasteiger partial charge in [0.1, 0.15) is 11.6 Å². The fraction of sp³-hybridized carbons (Fsp3) is 0.348. The van der Waals surface area contributed by atoms with Gasteiger partial charge in [-0.15, -0.1) is 0 Å². The fourth-order valence-electron chi connectivity index (χ4n) is 3.94. The molecule has 4 rings (SSSR count). The highest BCUT2D eigenvalue weighted by atomic mass is 19.2. The molecule has 2 aromatic carbocycles. The van der Waals surface area contributed by atoms with E-state index in [9.17, 15) is 27.2 Å². The van der Waals surface area contributed by atoms with Crippen LogP contribution in [0.3, 0.4) is 0 Å². The number of fused-ring (bicyclic) bond motifs is 1. The summed E-state index contributed by atoms with van der Waals surface area (Å²) in [7, 11) is 0. The third-order valence-corrected chi connectivity index (χ3v) is 5.73. The second kappa shape index (κ2) is 10.1. The van der Waals surface area contributed by atoms with Crippen molar-refractivity contribution in [1.29, 1.82) is 0 Å². The highest BCUT2D eigenvalue weighted by Crippen LogP contribution is 2.25. The minimum absolute atomic E-state index is 0.0501. The van der Waals surface area contributed by atoms with Gasteiger partial charge in [-0.05, 0) is 37.8 Å². The quantitative estimate of drug-likeness (QED) is 0.453. The van der Waals surface area contributed by atoms with Crippen molar-refractivity contribution in [2.24, 2.45) is 5.92 Å². The summed E-state index contributed by atoms with van der Waals surface area (Å²) in [5, 5.41) is 5.59. The number of halogens is 4. The summed E-state index contributed by atoms with van der Waals surface area (Å²) in [4.78, 5) is 31.6. The van der Waals surface area contributed by atoms with E-state index < -0.39 is 29.2 Å². The SMILES string of the molecule is O=C(COc1ccc(F)c(F)c1)N[C@H]1CC[C@H](C(=O)NCc2nc3cc(F)c(F)cc3[nH]2)CC1. The van der Waals surface area contributed by atoms with Gasteiger partial charge in [-0.25, -0.2) is 22.5 Å². The third kappa shape index (κ3) is 5.64. The highest BCUT2D eigenvalue weighted by Gasteiger charge is 2.27. The van der Waals surface area contributed by atoms with Crippen molar-refractivity contribution in [1.82, 2.24) is 20.6 Å². The van der Waals surface area contributed by atoms with Crippen LogP contribution in [0.5, 0.6) is 5.75 Å². The third-order valence-electron chi connectivity index (χ3n) is 5.73. The molecule has 11 heteroatoms. The van der Waals surface area contributed by atoms with E-state index in [-0.39, 0.29) is 42.3 Å². The first-order valence-corrected chi connectivity index (χ1v) is 10.8. The molecule has 1 heterocycles. The van der Waals surface area contributed by atoms with Gasteiger partial charge in [0.25, 0.3) is 5.91 Å². The number of imidazole rings is 1. The molecule has 1 saturated carbocycles. The van der Waals surface area contributed by atoms with Gasteiger partial charge in [0.05, 0.1) is 17.6 Å². The van der Waals surface area contributed by atoms with Crippen LogP contribution in [-0.2, 0) is 16.1 Å². The molecule has 0 bridgehead atoms. The van der Waals surface area contributed by atoms with E-state index in [1.54, 1.807) is 0 Å². The van der Waals surface area contributed by atoms with Gasteiger partial charge in [-0.3, -0.25) is 9.59 Å². The molecule has 0 radical (unpaired) electrons. The summed E-state index contributed by atoms with van der Waals surface area (Å²) in [5.41, 5.74) is 0.612. The maximum absolute atomic E-state index is 13.3. The van der Waals surface area contributed by atoms with Gasteiger partial charge < -0.3 is 20.4 Å². The summed E-state index contributed by atoms with van der Waals surface area (Å²) in [5.74, 6) is -4.38. The van der Waals surface area contributed by atoms with Crippen molar-refractivity contribution in [3.63, 3.8) is 0 Å². The molecule has 1 fully saturated rings. The van der Waals surface area contributed by atoms with Crippen molar-refractivity contribution in [2.75, 3.05) is 6.61 Å². The zero-order chi connectivity index (χ0) is 24.2. The molecular formula is C23H22F4N4O3. The highest BCUT2D eigenvalue weighted by molar-refractivity contribution is 5.80. The Kier molecular flexibility index (Phi) is 6.99. The van der Waals surface area contributed by atoms with E-state index in [1.807, 2.05) is 0 Å². The van der Waals surface area contributed by atoms with E-state index in [4.69, 9.17) is 4.74 Å². The second-order valence-electron chi connectivity index (χ2n) is 8.17.